The van der Waals surface area contributed by atoms with E-state index < -0.39 is 0 Å². The monoisotopic (exact) mass is 220 g/mol. The van der Waals surface area contributed by atoms with Crippen molar-refractivity contribution >= 4 is 5.97 Å². The van der Waals surface area contributed by atoms with E-state index in [9.17, 15) is 4.79 Å². The van der Waals surface area contributed by atoms with Gasteiger partial charge in [-0.25, -0.2) is 0 Å². The molecule has 0 bridgehead atoms. The molecule has 0 amide bonds. The summed E-state index contributed by atoms with van der Waals surface area (Å²) >= 11 is 0. The summed E-state index contributed by atoms with van der Waals surface area (Å²) in [5.41, 5.74) is 1.13. The summed E-state index contributed by atoms with van der Waals surface area (Å²) in [5.74, 6) is -0.145. The van der Waals surface area contributed by atoms with Crippen molar-refractivity contribution in [2.45, 2.75) is 31.8 Å². The largest absolute Gasteiger partial charge is 0.465 e. The van der Waals surface area contributed by atoms with Crippen molar-refractivity contribution in [2.75, 3.05) is 6.61 Å². The minimum atomic E-state index is -0.162. The van der Waals surface area contributed by atoms with Gasteiger partial charge in [-0.15, -0.1) is 0 Å². The second kappa shape index (κ2) is 5.07. The highest BCUT2D eigenvalue weighted by Gasteiger charge is 2.30. The molecule has 2 unspecified atom stereocenters. The normalized spacial score (nSPS) is 24.3. The van der Waals surface area contributed by atoms with Crippen LogP contribution in [0.15, 0.2) is 24.5 Å². The minimum Gasteiger partial charge on any atom is -0.465 e. The lowest BCUT2D eigenvalue weighted by Gasteiger charge is -2.13. The predicted octanol–water partition coefficient (Wildman–Crippen LogP) is 1.44. The van der Waals surface area contributed by atoms with E-state index in [0.29, 0.717) is 6.61 Å². The molecule has 86 valence electrons. The maximum absolute atomic E-state index is 11.5. The molecule has 0 aliphatic carbocycles. The third-order valence-electron chi connectivity index (χ3n) is 2.80. The Morgan fingerprint density at radius 2 is 2.50 bits per heavy atom. The third-order valence-corrected chi connectivity index (χ3v) is 2.80. The van der Waals surface area contributed by atoms with Gasteiger partial charge in [0.15, 0.2) is 0 Å². The van der Waals surface area contributed by atoms with Gasteiger partial charge in [-0.05, 0) is 31.4 Å². The molecule has 1 aliphatic heterocycles. The van der Waals surface area contributed by atoms with Crippen LogP contribution >= 0.6 is 0 Å². The fourth-order valence-electron chi connectivity index (χ4n) is 2.02. The molecular weight excluding hydrogens is 204 g/mol. The Labute approximate surface area is 95.0 Å². The summed E-state index contributed by atoms with van der Waals surface area (Å²) in [7, 11) is 0. The molecule has 16 heavy (non-hydrogen) atoms. The molecule has 0 saturated carbocycles. The fraction of sp³-hybridized carbons (Fsp3) is 0.500. The van der Waals surface area contributed by atoms with Crippen LogP contribution < -0.4 is 5.32 Å². The first kappa shape index (κ1) is 11.1. The number of rotatable bonds is 3. The molecule has 2 atom stereocenters. The van der Waals surface area contributed by atoms with Crippen LogP contribution in [-0.4, -0.2) is 23.6 Å². The zero-order chi connectivity index (χ0) is 11.4. The van der Waals surface area contributed by atoms with Crippen LogP contribution in [0.3, 0.4) is 0 Å². The SMILES string of the molecule is CCOC(=O)C1CCC(c2cccnc2)N1. The lowest BCUT2D eigenvalue weighted by atomic mass is 10.1. The Morgan fingerprint density at radius 3 is 3.19 bits per heavy atom. The second-order valence-electron chi connectivity index (χ2n) is 3.89. The van der Waals surface area contributed by atoms with E-state index >= 15 is 0 Å². The molecular formula is C12H16N2O2. The molecule has 1 fully saturated rings. The highest BCUT2D eigenvalue weighted by Crippen LogP contribution is 2.26. The van der Waals surface area contributed by atoms with Crippen LogP contribution in [0.1, 0.15) is 31.4 Å². The van der Waals surface area contributed by atoms with Crippen molar-refractivity contribution in [2.24, 2.45) is 0 Å². The van der Waals surface area contributed by atoms with E-state index in [2.05, 4.69) is 10.3 Å². The number of carbonyl (C=O) groups excluding carboxylic acids is 1. The van der Waals surface area contributed by atoms with Gasteiger partial charge in [0.25, 0.3) is 0 Å². The summed E-state index contributed by atoms with van der Waals surface area (Å²) in [6, 6.07) is 4.00. The zero-order valence-electron chi connectivity index (χ0n) is 9.35. The lowest BCUT2D eigenvalue weighted by Crippen LogP contribution is -2.33. The Bertz CT molecular complexity index is 353. The number of hydrogen-bond acceptors (Lipinski definition) is 4. The van der Waals surface area contributed by atoms with Crippen LogP contribution in [0.2, 0.25) is 0 Å². The van der Waals surface area contributed by atoms with Crippen molar-refractivity contribution in [1.82, 2.24) is 10.3 Å². The first-order valence-electron chi connectivity index (χ1n) is 5.64. The van der Waals surface area contributed by atoms with Crippen LogP contribution in [0.25, 0.3) is 0 Å². The summed E-state index contributed by atoms with van der Waals surface area (Å²) in [4.78, 5) is 15.6. The number of ether oxygens (including phenoxy) is 1. The van der Waals surface area contributed by atoms with Crippen molar-refractivity contribution in [3.63, 3.8) is 0 Å². The number of aromatic nitrogens is 1. The van der Waals surface area contributed by atoms with E-state index in [1.807, 2.05) is 25.3 Å². The maximum Gasteiger partial charge on any atom is 0.323 e. The molecule has 0 spiro atoms. The van der Waals surface area contributed by atoms with Gasteiger partial charge in [0, 0.05) is 18.4 Å². The van der Waals surface area contributed by atoms with Crippen LogP contribution in [0, 0.1) is 0 Å². The number of pyridine rings is 1. The lowest BCUT2D eigenvalue weighted by molar-refractivity contribution is -0.145. The molecule has 1 aromatic rings. The molecule has 0 aromatic carbocycles. The van der Waals surface area contributed by atoms with Crippen molar-refractivity contribution in [3.8, 4) is 0 Å². The highest BCUT2D eigenvalue weighted by molar-refractivity contribution is 5.76. The summed E-state index contributed by atoms with van der Waals surface area (Å²) < 4.78 is 4.99. The van der Waals surface area contributed by atoms with Gasteiger partial charge in [0.1, 0.15) is 6.04 Å². The van der Waals surface area contributed by atoms with E-state index in [0.717, 1.165) is 18.4 Å². The first-order chi connectivity index (χ1) is 7.81. The Kier molecular flexibility index (Phi) is 3.51. The Balaban J connectivity index is 1.96. The van der Waals surface area contributed by atoms with Crippen molar-refractivity contribution in [1.29, 1.82) is 0 Å². The van der Waals surface area contributed by atoms with Gasteiger partial charge in [-0.1, -0.05) is 6.07 Å². The first-order valence-corrected chi connectivity index (χ1v) is 5.64. The van der Waals surface area contributed by atoms with Gasteiger partial charge >= 0.3 is 5.97 Å². The molecule has 2 rings (SSSR count). The van der Waals surface area contributed by atoms with Crippen LogP contribution in [-0.2, 0) is 9.53 Å². The number of carbonyl (C=O) groups is 1. The van der Waals surface area contributed by atoms with Gasteiger partial charge in [0.05, 0.1) is 6.61 Å². The third kappa shape index (κ3) is 2.39. The smallest absolute Gasteiger partial charge is 0.323 e. The molecule has 4 heteroatoms. The van der Waals surface area contributed by atoms with Crippen LogP contribution in [0.4, 0.5) is 0 Å². The summed E-state index contributed by atoms with van der Waals surface area (Å²) in [5, 5.41) is 3.28. The number of nitrogens with zero attached hydrogens (tertiary/aromatic N) is 1. The minimum absolute atomic E-state index is 0.145. The van der Waals surface area contributed by atoms with Gasteiger partial charge in [-0.3, -0.25) is 15.1 Å². The standard InChI is InChI=1S/C12H16N2O2/c1-2-16-12(15)11-6-5-10(14-11)9-4-3-7-13-8-9/h3-4,7-8,10-11,14H,2,5-6H2,1H3. The highest BCUT2D eigenvalue weighted by atomic mass is 16.5. The molecule has 1 aromatic heterocycles. The fourth-order valence-corrected chi connectivity index (χ4v) is 2.02. The van der Waals surface area contributed by atoms with Gasteiger partial charge in [0.2, 0.25) is 0 Å². The number of esters is 1. The van der Waals surface area contributed by atoms with Crippen molar-refractivity contribution in [3.05, 3.63) is 30.1 Å². The molecule has 2 heterocycles. The molecule has 1 aliphatic rings. The summed E-state index contributed by atoms with van der Waals surface area (Å²) in [6.45, 7) is 2.26. The maximum atomic E-state index is 11.5. The van der Waals surface area contributed by atoms with E-state index in [4.69, 9.17) is 4.74 Å². The van der Waals surface area contributed by atoms with Crippen molar-refractivity contribution < 1.29 is 9.53 Å². The molecule has 4 nitrogen and oxygen atoms in total. The average molecular weight is 220 g/mol. The number of hydrogen-bond donors (Lipinski definition) is 1. The summed E-state index contributed by atoms with van der Waals surface area (Å²) in [6.07, 6.45) is 5.38. The predicted molar refractivity (Wildman–Crippen MR) is 59.8 cm³/mol. The van der Waals surface area contributed by atoms with E-state index in [-0.39, 0.29) is 18.1 Å². The quantitative estimate of drug-likeness (QED) is 0.783. The zero-order valence-corrected chi connectivity index (χ0v) is 9.35. The second-order valence-corrected chi connectivity index (χ2v) is 3.89. The van der Waals surface area contributed by atoms with Crippen LogP contribution in [0.5, 0.6) is 0 Å². The molecule has 1 saturated heterocycles. The van der Waals surface area contributed by atoms with Gasteiger partial charge in [-0.2, -0.15) is 0 Å². The molecule has 0 radical (unpaired) electrons. The average Bonchev–Trinajstić information content (AvgIpc) is 2.80. The Hall–Kier alpha value is -1.42. The topological polar surface area (TPSA) is 51.2 Å². The molecule has 1 N–H and O–H groups in total. The van der Waals surface area contributed by atoms with E-state index in [1.165, 1.54) is 0 Å². The van der Waals surface area contributed by atoms with E-state index in [1.54, 1.807) is 6.20 Å². The van der Waals surface area contributed by atoms with Gasteiger partial charge < -0.3 is 4.74 Å². The Morgan fingerprint density at radius 1 is 1.62 bits per heavy atom. The number of nitrogens with one attached hydrogen (secondary N) is 1.